The summed E-state index contributed by atoms with van der Waals surface area (Å²) < 4.78 is 33.4. The van der Waals surface area contributed by atoms with Crippen molar-refractivity contribution >= 4 is 33.1 Å². The van der Waals surface area contributed by atoms with Crippen LogP contribution in [0.5, 0.6) is 5.75 Å². The number of benzene rings is 3. The highest BCUT2D eigenvalue weighted by Crippen LogP contribution is 2.31. The average molecular weight is 465 g/mol. The maximum atomic E-state index is 12.8. The van der Waals surface area contributed by atoms with Gasteiger partial charge in [-0.05, 0) is 73.0 Å². The topological polar surface area (TPSA) is 126 Å². The van der Waals surface area contributed by atoms with Crippen molar-refractivity contribution in [1.29, 1.82) is 5.41 Å². The largest absolute Gasteiger partial charge is 0.484 e. The van der Waals surface area contributed by atoms with E-state index in [0.717, 1.165) is 24.1 Å². The summed E-state index contributed by atoms with van der Waals surface area (Å²) in [5.41, 5.74) is 8.13. The molecule has 0 saturated carbocycles. The van der Waals surface area contributed by atoms with E-state index in [9.17, 15) is 13.2 Å². The Bertz CT molecular complexity index is 1280. The van der Waals surface area contributed by atoms with Crippen molar-refractivity contribution in [2.24, 2.45) is 5.73 Å². The van der Waals surface area contributed by atoms with Gasteiger partial charge in [0, 0.05) is 23.5 Å². The Morgan fingerprint density at radius 1 is 1.06 bits per heavy atom. The Morgan fingerprint density at radius 3 is 2.48 bits per heavy atom. The number of rotatable bonds is 7. The van der Waals surface area contributed by atoms with E-state index in [2.05, 4.69) is 4.72 Å². The zero-order valence-electron chi connectivity index (χ0n) is 17.8. The van der Waals surface area contributed by atoms with Crippen LogP contribution in [0.3, 0.4) is 0 Å². The maximum absolute atomic E-state index is 12.8. The fraction of sp³-hybridized carbons (Fsp3) is 0.167. The molecule has 0 spiro atoms. The molecule has 0 unspecified atom stereocenters. The molecule has 1 amide bonds. The van der Waals surface area contributed by atoms with Crippen molar-refractivity contribution < 1.29 is 17.9 Å². The molecule has 1 heterocycles. The molecule has 0 radical (unpaired) electrons. The van der Waals surface area contributed by atoms with Gasteiger partial charge in [-0.3, -0.25) is 14.9 Å². The number of nitrogens with zero attached hydrogens (tertiary/aromatic N) is 1. The zero-order valence-corrected chi connectivity index (χ0v) is 18.6. The van der Waals surface area contributed by atoms with Crippen LogP contribution in [0.2, 0.25) is 0 Å². The van der Waals surface area contributed by atoms with Crippen LogP contribution in [-0.4, -0.2) is 33.3 Å². The molecule has 0 bridgehead atoms. The van der Waals surface area contributed by atoms with Crippen LogP contribution < -0.4 is 20.1 Å². The molecule has 1 aliphatic rings. The predicted molar refractivity (Wildman–Crippen MR) is 127 cm³/mol. The molecule has 3 aromatic carbocycles. The number of hydrogen-bond donors (Lipinski definition) is 3. The van der Waals surface area contributed by atoms with Gasteiger partial charge >= 0.3 is 0 Å². The summed E-state index contributed by atoms with van der Waals surface area (Å²) in [6.07, 6.45) is 1.51. The first-order valence-electron chi connectivity index (χ1n) is 10.4. The smallest absolute Gasteiger partial charge is 0.264 e. The van der Waals surface area contributed by atoms with Gasteiger partial charge in [0.25, 0.3) is 15.9 Å². The average Bonchev–Trinajstić information content (AvgIpc) is 2.82. The Morgan fingerprint density at radius 2 is 1.79 bits per heavy atom. The van der Waals surface area contributed by atoms with Gasteiger partial charge in [-0.15, -0.1) is 0 Å². The zero-order chi connectivity index (χ0) is 23.4. The summed E-state index contributed by atoms with van der Waals surface area (Å²) in [5.74, 6) is 0.286. The highest BCUT2D eigenvalue weighted by Gasteiger charge is 2.24. The summed E-state index contributed by atoms with van der Waals surface area (Å²) in [6.45, 7) is 0.425. The van der Waals surface area contributed by atoms with Crippen molar-refractivity contribution in [1.82, 2.24) is 0 Å². The number of amidine groups is 1. The number of hydrogen-bond acceptors (Lipinski definition) is 5. The lowest BCUT2D eigenvalue weighted by atomic mass is 10.0. The number of carbonyl (C=O) groups excluding carboxylic acids is 1. The molecular formula is C24H24N4O4S. The van der Waals surface area contributed by atoms with Gasteiger partial charge in [-0.25, -0.2) is 8.42 Å². The molecule has 0 aliphatic carbocycles. The number of nitrogens with one attached hydrogen (secondary N) is 2. The summed E-state index contributed by atoms with van der Waals surface area (Å²) in [6, 6.07) is 20.0. The number of carbonyl (C=O) groups is 1. The number of nitrogens with two attached hydrogens (primary N) is 1. The number of anilines is 2. The first-order valence-corrected chi connectivity index (χ1v) is 11.9. The van der Waals surface area contributed by atoms with Gasteiger partial charge in [0.05, 0.1) is 4.90 Å². The molecule has 8 nitrogen and oxygen atoms in total. The maximum Gasteiger partial charge on any atom is 0.264 e. The van der Waals surface area contributed by atoms with E-state index < -0.39 is 10.0 Å². The Kier molecular flexibility index (Phi) is 6.32. The number of amides is 1. The van der Waals surface area contributed by atoms with Crippen LogP contribution >= 0.6 is 0 Å². The quantitative estimate of drug-likeness (QED) is 0.366. The van der Waals surface area contributed by atoms with Gasteiger partial charge < -0.3 is 15.4 Å². The molecule has 1 aliphatic heterocycles. The summed E-state index contributed by atoms with van der Waals surface area (Å²) >= 11 is 0. The molecule has 0 saturated heterocycles. The first kappa shape index (κ1) is 22.3. The second-order valence-electron chi connectivity index (χ2n) is 7.64. The van der Waals surface area contributed by atoms with Crippen LogP contribution in [0.4, 0.5) is 11.4 Å². The molecule has 170 valence electrons. The summed E-state index contributed by atoms with van der Waals surface area (Å²) in [7, 11) is -3.69. The van der Waals surface area contributed by atoms with E-state index >= 15 is 0 Å². The van der Waals surface area contributed by atoms with E-state index in [1.165, 1.54) is 12.1 Å². The number of nitrogen functional groups attached to an aromatic ring is 1. The van der Waals surface area contributed by atoms with E-state index in [-0.39, 0.29) is 23.2 Å². The second-order valence-corrected chi connectivity index (χ2v) is 9.32. The van der Waals surface area contributed by atoms with Crippen molar-refractivity contribution in [3.05, 3.63) is 83.9 Å². The SMILES string of the molecule is N=C(N)c1ccc(OCC(=O)N2CCCc3cc(NS(=O)(=O)c4ccccc4)ccc32)cc1. The molecule has 0 fully saturated rings. The van der Waals surface area contributed by atoms with E-state index in [1.54, 1.807) is 65.6 Å². The van der Waals surface area contributed by atoms with Gasteiger partial charge in [-0.1, -0.05) is 18.2 Å². The van der Waals surface area contributed by atoms with Gasteiger partial charge in [0.1, 0.15) is 11.6 Å². The predicted octanol–water partition coefficient (Wildman–Crippen LogP) is 3.13. The Labute approximate surface area is 192 Å². The van der Waals surface area contributed by atoms with Crippen LogP contribution in [0.15, 0.2) is 77.7 Å². The fourth-order valence-corrected chi connectivity index (χ4v) is 4.76. The summed E-state index contributed by atoms with van der Waals surface area (Å²) in [5, 5.41) is 7.42. The number of sulfonamides is 1. The van der Waals surface area contributed by atoms with Gasteiger partial charge in [-0.2, -0.15) is 0 Å². The molecular weight excluding hydrogens is 440 g/mol. The lowest BCUT2D eigenvalue weighted by Crippen LogP contribution is -2.38. The normalized spacial score (nSPS) is 13.2. The van der Waals surface area contributed by atoms with E-state index in [4.69, 9.17) is 15.9 Å². The molecule has 33 heavy (non-hydrogen) atoms. The standard InChI is InChI=1S/C24H24N4O4S/c25-24(26)17-8-11-20(12-9-17)32-16-23(29)28-14-4-5-18-15-19(10-13-22(18)28)27-33(30,31)21-6-2-1-3-7-21/h1-3,6-13,15,27H,4-5,14,16H2,(H3,25,26). The van der Waals surface area contributed by atoms with Crippen molar-refractivity contribution in [2.45, 2.75) is 17.7 Å². The highest BCUT2D eigenvalue weighted by molar-refractivity contribution is 7.92. The number of fused-ring (bicyclic) bond motifs is 1. The molecule has 9 heteroatoms. The van der Waals surface area contributed by atoms with Crippen LogP contribution in [-0.2, 0) is 21.2 Å². The first-order chi connectivity index (χ1) is 15.8. The van der Waals surface area contributed by atoms with E-state index in [1.807, 2.05) is 0 Å². The van der Waals surface area contributed by atoms with Crippen molar-refractivity contribution in [2.75, 3.05) is 22.8 Å². The third-order valence-corrected chi connectivity index (χ3v) is 6.73. The second kappa shape index (κ2) is 9.33. The molecule has 0 aromatic heterocycles. The minimum Gasteiger partial charge on any atom is -0.484 e. The highest BCUT2D eigenvalue weighted by atomic mass is 32.2. The third kappa shape index (κ3) is 5.15. The van der Waals surface area contributed by atoms with Gasteiger partial charge in [0.15, 0.2) is 6.61 Å². The third-order valence-electron chi connectivity index (χ3n) is 5.33. The molecule has 4 rings (SSSR count). The van der Waals surface area contributed by atoms with Crippen LogP contribution in [0, 0.1) is 5.41 Å². The Balaban J connectivity index is 1.45. The van der Waals surface area contributed by atoms with Crippen LogP contribution in [0.1, 0.15) is 17.5 Å². The van der Waals surface area contributed by atoms with Crippen molar-refractivity contribution in [3.63, 3.8) is 0 Å². The minimum absolute atomic E-state index is 0.0343. The summed E-state index contributed by atoms with van der Waals surface area (Å²) in [4.78, 5) is 14.7. The molecule has 3 aromatic rings. The number of ether oxygens (including phenoxy) is 1. The van der Waals surface area contributed by atoms with Crippen molar-refractivity contribution in [3.8, 4) is 5.75 Å². The monoisotopic (exact) mass is 464 g/mol. The number of aryl methyl sites for hydroxylation is 1. The molecule has 4 N–H and O–H groups in total. The molecule has 0 atom stereocenters. The fourth-order valence-electron chi connectivity index (χ4n) is 3.69. The van der Waals surface area contributed by atoms with E-state index in [0.29, 0.717) is 23.5 Å². The van der Waals surface area contributed by atoms with Gasteiger partial charge in [0.2, 0.25) is 0 Å². The lowest BCUT2D eigenvalue weighted by Gasteiger charge is -2.30. The lowest BCUT2D eigenvalue weighted by molar-refractivity contribution is -0.120. The Hall–Kier alpha value is -3.85. The van der Waals surface area contributed by atoms with Crippen LogP contribution in [0.25, 0.3) is 0 Å². The minimum atomic E-state index is -3.69.